The lowest BCUT2D eigenvalue weighted by atomic mass is 10.1. The van der Waals surface area contributed by atoms with Crippen LogP contribution < -0.4 is 0 Å². The van der Waals surface area contributed by atoms with Crippen molar-refractivity contribution in [3.63, 3.8) is 0 Å². The Hall–Kier alpha value is -2.07. The third-order valence-corrected chi connectivity index (χ3v) is 5.61. The van der Waals surface area contributed by atoms with E-state index in [4.69, 9.17) is 0 Å². The van der Waals surface area contributed by atoms with E-state index in [-0.39, 0.29) is 0 Å². The Morgan fingerprint density at radius 2 is 1.00 bits per heavy atom. The summed E-state index contributed by atoms with van der Waals surface area (Å²) in [5.74, 6) is -42.3. The van der Waals surface area contributed by atoms with Crippen molar-refractivity contribution < 1.29 is 92.6 Å². The average Bonchev–Trinajstić information content (AvgIpc) is 2.64. The van der Waals surface area contributed by atoms with Gasteiger partial charge in [0.05, 0.1) is 0 Å². The maximum Gasteiger partial charge on any atom is 0.460 e. The number of carbonyl (C=O) groups is 1. The SMILES string of the molecule is C=CC(=O)OC(F)(N(C)S(=O)(=O)C(F)(F)C(F)(F)C(F)(F)C(F)(F)F)C(F)(F)C(F)(F)C(F)(F)F. The molecule has 208 valence electrons. The zero-order chi connectivity index (χ0) is 29.1. The predicted molar refractivity (Wildman–Crippen MR) is 73.7 cm³/mol. The number of ether oxygens (including phenoxy) is 1. The number of alkyl halides is 17. The summed E-state index contributed by atoms with van der Waals surface area (Å²) in [6.07, 6.45) is -16.0. The van der Waals surface area contributed by atoms with E-state index in [0.717, 1.165) is 0 Å². The second-order valence-corrected chi connectivity index (χ2v) is 7.98. The van der Waals surface area contributed by atoms with Crippen molar-refractivity contribution in [2.24, 2.45) is 0 Å². The predicted octanol–water partition coefficient (Wildman–Crippen LogP) is 4.86. The normalized spacial score (nSPS) is 17.2. The van der Waals surface area contributed by atoms with Crippen LogP contribution in [0.25, 0.3) is 0 Å². The summed E-state index contributed by atoms with van der Waals surface area (Å²) >= 11 is 0. The molecule has 0 bridgehead atoms. The first kappa shape index (κ1) is 32.9. The number of hydrogen-bond acceptors (Lipinski definition) is 4. The highest BCUT2D eigenvalue weighted by molar-refractivity contribution is 7.90. The van der Waals surface area contributed by atoms with Crippen molar-refractivity contribution in [2.45, 2.75) is 47.3 Å². The third kappa shape index (κ3) is 4.48. The lowest BCUT2D eigenvalue weighted by Gasteiger charge is -2.42. The summed E-state index contributed by atoms with van der Waals surface area (Å²) in [5.41, 5.74) is 0. The average molecular weight is 583 g/mol. The van der Waals surface area contributed by atoms with E-state index in [0.29, 0.717) is 0 Å². The van der Waals surface area contributed by atoms with Crippen molar-refractivity contribution in [3.05, 3.63) is 12.7 Å². The van der Waals surface area contributed by atoms with E-state index < -0.39 is 80.7 Å². The molecule has 0 aliphatic heterocycles. The number of rotatable bonds is 9. The van der Waals surface area contributed by atoms with Crippen LogP contribution >= 0.6 is 0 Å². The van der Waals surface area contributed by atoms with Gasteiger partial charge >= 0.3 is 53.2 Å². The van der Waals surface area contributed by atoms with Crippen LogP contribution in [0.15, 0.2) is 12.7 Å². The van der Waals surface area contributed by atoms with Crippen LogP contribution in [-0.4, -0.2) is 73.0 Å². The molecule has 0 aliphatic rings. The first-order valence-corrected chi connectivity index (χ1v) is 8.85. The van der Waals surface area contributed by atoms with Gasteiger partial charge in [-0.2, -0.15) is 74.6 Å². The number of hydrogen-bond donors (Lipinski definition) is 0. The molecule has 0 N–H and O–H groups in total. The second-order valence-electron chi connectivity index (χ2n) is 5.97. The van der Waals surface area contributed by atoms with Crippen LogP contribution in [0.3, 0.4) is 0 Å². The second kappa shape index (κ2) is 8.50. The molecule has 0 saturated heterocycles. The third-order valence-electron chi connectivity index (χ3n) is 3.75. The number of nitrogens with zero attached hydrogens (tertiary/aromatic N) is 1. The van der Waals surface area contributed by atoms with Gasteiger partial charge in [0.1, 0.15) is 0 Å². The molecule has 0 aromatic heterocycles. The zero-order valence-electron chi connectivity index (χ0n) is 15.7. The van der Waals surface area contributed by atoms with Crippen LogP contribution in [-0.2, 0) is 19.6 Å². The van der Waals surface area contributed by atoms with Crippen LogP contribution in [0, 0.1) is 0 Å². The molecule has 5 nitrogen and oxygen atoms in total. The minimum Gasteiger partial charge on any atom is -0.405 e. The van der Waals surface area contributed by atoms with Gasteiger partial charge in [-0.1, -0.05) is 6.58 Å². The van der Waals surface area contributed by atoms with E-state index in [1.807, 2.05) is 0 Å². The molecular formula is C12H6F17NO4S. The Labute approximate surface area is 181 Å². The summed E-state index contributed by atoms with van der Waals surface area (Å²) in [4.78, 5) is 11.0. The maximum absolute atomic E-state index is 14.7. The van der Waals surface area contributed by atoms with Gasteiger partial charge in [0.2, 0.25) is 0 Å². The lowest BCUT2D eigenvalue weighted by molar-refractivity contribution is -0.424. The highest BCUT2D eigenvalue weighted by Gasteiger charge is 2.89. The summed E-state index contributed by atoms with van der Waals surface area (Å²) in [7, 11) is -9.98. The molecular weight excluding hydrogens is 577 g/mol. The molecule has 0 fully saturated rings. The standard InChI is InChI=1S/C12H6F17NO4S/c1-3-4(31)34-12(29,8(19,20)6(15,16)10(24,25)26)30(2)35(32,33)11(27,28)7(17,18)5(13,14)9(21,22)23/h3H,1H2,2H3. The van der Waals surface area contributed by atoms with Gasteiger partial charge in [-0.25, -0.2) is 13.2 Å². The molecule has 35 heavy (non-hydrogen) atoms. The molecule has 0 saturated carbocycles. The van der Waals surface area contributed by atoms with Gasteiger partial charge in [-0.05, 0) is 0 Å². The molecule has 1 atom stereocenters. The quantitative estimate of drug-likeness (QED) is 0.128. The summed E-state index contributed by atoms with van der Waals surface area (Å²) in [5, 5.41) is -8.10. The molecule has 0 heterocycles. The van der Waals surface area contributed by atoms with E-state index in [1.165, 1.54) is 0 Å². The molecule has 1 unspecified atom stereocenters. The maximum atomic E-state index is 14.7. The summed E-state index contributed by atoms with van der Waals surface area (Å²) < 4.78 is 245. The van der Waals surface area contributed by atoms with Crippen molar-refractivity contribution in [3.8, 4) is 0 Å². The fraction of sp³-hybridized carbons (Fsp3) is 0.750. The molecule has 0 spiro atoms. The van der Waals surface area contributed by atoms with Gasteiger partial charge in [0, 0.05) is 13.1 Å². The molecule has 0 aliphatic carbocycles. The Morgan fingerprint density at radius 1 is 0.686 bits per heavy atom. The first-order chi connectivity index (χ1) is 14.9. The number of esters is 1. The Balaban J connectivity index is 7.33. The van der Waals surface area contributed by atoms with Gasteiger partial charge in [-0.3, -0.25) is 0 Å². The van der Waals surface area contributed by atoms with Crippen LogP contribution in [0.1, 0.15) is 0 Å². The van der Waals surface area contributed by atoms with E-state index in [9.17, 15) is 87.8 Å². The topological polar surface area (TPSA) is 63.7 Å². The Bertz CT molecular complexity index is 938. The summed E-state index contributed by atoms with van der Waals surface area (Å²) in [6.45, 7) is 2.25. The smallest absolute Gasteiger partial charge is 0.405 e. The highest BCUT2D eigenvalue weighted by Crippen LogP contribution is 2.58. The minimum absolute atomic E-state index is 0.610. The highest BCUT2D eigenvalue weighted by atomic mass is 32.2. The van der Waals surface area contributed by atoms with Gasteiger partial charge in [0.15, 0.2) is 0 Å². The number of sulfonamides is 1. The van der Waals surface area contributed by atoms with Gasteiger partial charge < -0.3 is 4.74 Å². The Morgan fingerprint density at radius 3 is 1.29 bits per heavy atom. The van der Waals surface area contributed by atoms with Gasteiger partial charge in [0.25, 0.3) is 10.0 Å². The van der Waals surface area contributed by atoms with Crippen molar-refractivity contribution in [2.75, 3.05) is 7.05 Å². The van der Waals surface area contributed by atoms with E-state index in [1.54, 1.807) is 0 Å². The molecule has 0 aromatic carbocycles. The van der Waals surface area contributed by atoms with Crippen LogP contribution in [0.5, 0.6) is 0 Å². The number of halogens is 17. The molecule has 0 radical (unpaired) electrons. The van der Waals surface area contributed by atoms with Crippen LogP contribution in [0.2, 0.25) is 0 Å². The van der Waals surface area contributed by atoms with Crippen molar-refractivity contribution >= 4 is 16.0 Å². The van der Waals surface area contributed by atoms with E-state index >= 15 is 0 Å². The fourth-order valence-electron chi connectivity index (χ4n) is 1.72. The summed E-state index contributed by atoms with van der Waals surface area (Å²) in [6, 6.07) is 0. The minimum atomic E-state index is -8.64. The van der Waals surface area contributed by atoms with Crippen molar-refractivity contribution in [1.82, 2.24) is 4.31 Å². The molecule has 23 heteroatoms. The largest absolute Gasteiger partial charge is 0.460 e. The van der Waals surface area contributed by atoms with Crippen LogP contribution in [0.4, 0.5) is 74.6 Å². The first-order valence-electron chi connectivity index (χ1n) is 7.41. The Kier molecular flexibility index (Phi) is 8.00. The van der Waals surface area contributed by atoms with E-state index in [2.05, 4.69) is 11.3 Å². The molecule has 0 aromatic rings. The fourth-order valence-corrected chi connectivity index (χ4v) is 2.98. The van der Waals surface area contributed by atoms with Crippen molar-refractivity contribution in [1.29, 1.82) is 0 Å². The number of carbonyl (C=O) groups excluding carboxylic acids is 1. The monoisotopic (exact) mass is 583 g/mol. The zero-order valence-corrected chi connectivity index (χ0v) is 16.5. The molecule has 0 rings (SSSR count). The van der Waals surface area contributed by atoms with Gasteiger partial charge in [-0.15, -0.1) is 4.31 Å². The molecule has 0 amide bonds. The lowest BCUT2D eigenvalue weighted by Crippen LogP contribution is -2.73.